The third-order valence-corrected chi connectivity index (χ3v) is 2.66. The van der Waals surface area contributed by atoms with E-state index in [9.17, 15) is 0 Å². The Kier molecular flexibility index (Phi) is 4.68. The van der Waals surface area contributed by atoms with Crippen LogP contribution in [-0.4, -0.2) is 13.1 Å². The van der Waals surface area contributed by atoms with Crippen molar-refractivity contribution in [1.29, 1.82) is 0 Å². The van der Waals surface area contributed by atoms with Crippen molar-refractivity contribution in [2.24, 2.45) is 5.92 Å². The lowest BCUT2D eigenvalue weighted by Crippen LogP contribution is -2.28. The first-order valence-corrected chi connectivity index (χ1v) is 5.42. The summed E-state index contributed by atoms with van der Waals surface area (Å²) in [5, 5.41) is 3.38. The van der Waals surface area contributed by atoms with Gasteiger partial charge in [-0.25, -0.2) is 0 Å². The summed E-state index contributed by atoms with van der Waals surface area (Å²) in [7, 11) is 0. The van der Waals surface area contributed by atoms with Crippen LogP contribution in [0.3, 0.4) is 0 Å². The summed E-state index contributed by atoms with van der Waals surface area (Å²) in [5.41, 5.74) is 2.74. The third-order valence-electron chi connectivity index (χ3n) is 2.66. The molecule has 0 saturated carbocycles. The van der Waals surface area contributed by atoms with E-state index in [4.69, 9.17) is 0 Å². The highest BCUT2D eigenvalue weighted by Gasteiger charge is 2.14. The fourth-order valence-corrected chi connectivity index (χ4v) is 1.79. The lowest BCUT2D eigenvalue weighted by molar-refractivity contribution is 0.425. The molecule has 0 radical (unpaired) electrons. The average Bonchev–Trinajstić information content (AvgIpc) is 2.20. The largest absolute Gasteiger partial charge is 0.317 e. The molecule has 1 rings (SSSR count). The molecule has 1 nitrogen and oxygen atoms in total. The molecule has 1 aliphatic rings. The predicted molar refractivity (Wildman–Crippen MR) is 63.3 cm³/mol. The van der Waals surface area contributed by atoms with Gasteiger partial charge in [0, 0.05) is 0 Å². The first kappa shape index (κ1) is 11.3. The van der Waals surface area contributed by atoms with Gasteiger partial charge in [-0.2, -0.15) is 0 Å². The molecule has 1 heteroatoms. The summed E-state index contributed by atoms with van der Waals surface area (Å²) in [4.78, 5) is 0. The fraction of sp³-hybridized carbons (Fsp3) is 0.538. The number of rotatable bonds is 3. The van der Waals surface area contributed by atoms with Crippen LogP contribution in [0.15, 0.2) is 36.0 Å². The van der Waals surface area contributed by atoms with Gasteiger partial charge < -0.3 is 5.32 Å². The summed E-state index contributed by atoms with van der Waals surface area (Å²) >= 11 is 0. The van der Waals surface area contributed by atoms with E-state index in [0.717, 1.165) is 13.1 Å². The summed E-state index contributed by atoms with van der Waals surface area (Å²) < 4.78 is 0. The quantitative estimate of drug-likeness (QED) is 0.676. The SMILES string of the molecule is C=C/C(=C\C=C(C)C)C1CCNCC1. The molecular weight excluding hydrogens is 170 g/mol. The molecule has 78 valence electrons. The molecule has 0 aromatic rings. The van der Waals surface area contributed by atoms with Crippen molar-refractivity contribution in [2.45, 2.75) is 26.7 Å². The van der Waals surface area contributed by atoms with Gasteiger partial charge in [0.1, 0.15) is 0 Å². The summed E-state index contributed by atoms with van der Waals surface area (Å²) in [5.74, 6) is 0.712. The molecule has 0 aromatic carbocycles. The van der Waals surface area contributed by atoms with Crippen molar-refractivity contribution < 1.29 is 0 Å². The predicted octanol–water partition coefficient (Wildman–Crippen LogP) is 3.06. The molecule has 0 aliphatic carbocycles. The zero-order chi connectivity index (χ0) is 10.4. The van der Waals surface area contributed by atoms with E-state index >= 15 is 0 Å². The van der Waals surface area contributed by atoms with Gasteiger partial charge in [0.05, 0.1) is 0 Å². The van der Waals surface area contributed by atoms with Gasteiger partial charge in [0.15, 0.2) is 0 Å². The van der Waals surface area contributed by atoms with E-state index in [2.05, 4.69) is 37.9 Å². The van der Waals surface area contributed by atoms with Gasteiger partial charge in [0.2, 0.25) is 0 Å². The lowest BCUT2D eigenvalue weighted by atomic mass is 9.89. The lowest BCUT2D eigenvalue weighted by Gasteiger charge is -2.23. The summed E-state index contributed by atoms with van der Waals surface area (Å²) in [6, 6.07) is 0. The van der Waals surface area contributed by atoms with E-state index in [1.165, 1.54) is 24.0 Å². The maximum Gasteiger partial charge on any atom is -0.00431 e. The smallest absolute Gasteiger partial charge is 0.00431 e. The molecule has 1 fully saturated rings. The number of hydrogen-bond donors (Lipinski definition) is 1. The van der Waals surface area contributed by atoms with Gasteiger partial charge in [-0.3, -0.25) is 0 Å². The molecule has 0 aromatic heterocycles. The highest BCUT2D eigenvalue weighted by Crippen LogP contribution is 2.22. The van der Waals surface area contributed by atoms with Gasteiger partial charge in [-0.1, -0.05) is 30.4 Å². The summed E-state index contributed by atoms with van der Waals surface area (Å²) in [6.07, 6.45) is 8.90. The van der Waals surface area contributed by atoms with Crippen LogP contribution in [0, 0.1) is 5.92 Å². The van der Waals surface area contributed by atoms with Crippen LogP contribution in [0.5, 0.6) is 0 Å². The molecule has 1 aliphatic heterocycles. The van der Waals surface area contributed by atoms with Gasteiger partial charge >= 0.3 is 0 Å². The molecule has 1 N–H and O–H groups in total. The zero-order valence-corrected chi connectivity index (χ0v) is 9.34. The van der Waals surface area contributed by atoms with Crippen molar-refractivity contribution in [3.8, 4) is 0 Å². The highest BCUT2D eigenvalue weighted by atomic mass is 14.9. The molecule has 0 unspecified atom stereocenters. The Morgan fingerprint density at radius 1 is 1.21 bits per heavy atom. The van der Waals surface area contributed by atoms with Gasteiger partial charge in [0.25, 0.3) is 0 Å². The van der Waals surface area contributed by atoms with E-state index < -0.39 is 0 Å². The zero-order valence-electron chi connectivity index (χ0n) is 9.34. The van der Waals surface area contributed by atoms with Crippen LogP contribution >= 0.6 is 0 Å². The van der Waals surface area contributed by atoms with E-state index in [1.54, 1.807) is 0 Å². The van der Waals surface area contributed by atoms with E-state index in [0.29, 0.717) is 5.92 Å². The minimum atomic E-state index is 0.712. The number of hydrogen-bond acceptors (Lipinski definition) is 1. The van der Waals surface area contributed by atoms with Crippen LogP contribution in [-0.2, 0) is 0 Å². The molecular formula is C13H21N. The number of piperidine rings is 1. The Bertz CT molecular complexity index is 238. The first-order chi connectivity index (χ1) is 6.74. The normalized spacial score (nSPS) is 19.1. The molecule has 0 bridgehead atoms. The van der Waals surface area contributed by atoms with Gasteiger partial charge in [-0.05, 0) is 51.3 Å². The monoisotopic (exact) mass is 191 g/mol. The Labute approximate surface area is 87.6 Å². The minimum absolute atomic E-state index is 0.712. The van der Waals surface area contributed by atoms with Crippen LogP contribution in [0.1, 0.15) is 26.7 Å². The summed E-state index contributed by atoms with van der Waals surface area (Å²) in [6.45, 7) is 10.4. The second-order valence-electron chi connectivity index (χ2n) is 4.14. The van der Waals surface area contributed by atoms with Crippen molar-refractivity contribution >= 4 is 0 Å². The molecule has 1 heterocycles. The number of allylic oxidation sites excluding steroid dienone is 5. The van der Waals surface area contributed by atoms with E-state index in [-0.39, 0.29) is 0 Å². The molecule has 0 amide bonds. The Morgan fingerprint density at radius 3 is 2.36 bits per heavy atom. The van der Waals surface area contributed by atoms with Crippen LogP contribution in [0.25, 0.3) is 0 Å². The minimum Gasteiger partial charge on any atom is -0.317 e. The second-order valence-corrected chi connectivity index (χ2v) is 4.14. The molecule has 0 spiro atoms. The Hall–Kier alpha value is -0.820. The Balaban J connectivity index is 2.64. The van der Waals surface area contributed by atoms with Crippen LogP contribution < -0.4 is 5.32 Å². The molecule has 0 atom stereocenters. The third kappa shape index (κ3) is 3.51. The van der Waals surface area contributed by atoms with Crippen molar-refractivity contribution in [1.82, 2.24) is 5.32 Å². The average molecular weight is 191 g/mol. The van der Waals surface area contributed by atoms with Crippen molar-refractivity contribution in [3.63, 3.8) is 0 Å². The Morgan fingerprint density at radius 2 is 1.86 bits per heavy atom. The standard InChI is InChI=1S/C13H21N/c1-4-12(6-5-11(2)3)13-7-9-14-10-8-13/h4-6,13-14H,1,7-10H2,2-3H3/b12-6+. The highest BCUT2D eigenvalue weighted by molar-refractivity contribution is 5.26. The topological polar surface area (TPSA) is 12.0 Å². The molecule has 14 heavy (non-hydrogen) atoms. The van der Waals surface area contributed by atoms with Crippen molar-refractivity contribution in [3.05, 3.63) is 36.0 Å². The number of nitrogens with one attached hydrogen (secondary N) is 1. The van der Waals surface area contributed by atoms with Gasteiger partial charge in [-0.15, -0.1) is 0 Å². The first-order valence-electron chi connectivity index (χ1n) is 5.42. The second kappa shape index (κ2) is 5.82. The van der Waals surface area contributed by atoms with Crippen LogP contribution in [0.2, 0.25) is 0 Å². The maximum absolute atomic E-state index is 3.90. The van der Waals surface area contributed by atoms with Crippen molar-refractivity contribution in [2.75, 3.05) is 13.1 Å². The maximum atomic E-state index is 3.90. The van der Waals surface area contributed by atoms with Crippen LogP contribution in [0.4, 0.5) is 0 Å². The van der Waals surface area contributed by atoms with E-state index in [1.807, 2.05) is 6.08 Å². The fourth-order valence-electron chi connectivity index (χ4n) is 1.79. The molecule has 1 saturated heterocycles.